The summed E-state index contributed by atoms with van der Waals surface area (Å²) in [6, 6.07) is 15.1. The first-order valence-electron chi connectivity index (χ1n) is 26.1. The highest BCUT2D eigenvalue weighted by atomic mass is 35.5. The zero-order chi connectivity index (χ0) is 51.3. The summed E-state index contributed by atoms with van der Waals surface area (Å²) < 4.78 is 76.6. The molecule has 0 bridgehead atoms. The van der Waals surface area contributed by atoms with Gasteiger partial charge in [-0.3, -0.25) is 4.79 Å². The summed E-state index contributed by atoms with van der Waals surface area (Å²) in [5.41, 5.74) is -0.751. The van der Waals surface area contributed by atoms with Crippen LogP contribution in [0.25, 0.3) is 16.8 Å². The average molecular weight is 1030 g/mol. The quantitative estimate of drug-likeness (QED) is 0.0607. The number of alkyl halides is 3. The third kappa shape index (κ3) is 8.74. The van der Waals surface area contributed by atoms with Crippen molar-refractivity contribution < 1.29 is 55.2 Å². The van der Waals surface area contributed by atoms with E-state index in [-0.39, 0.29) is 69.1 Å². The monoisotopic (exact) mass is 1030 g/mol. The van der Waals surface area contributed by atoms with E-state index < -0.39 is 39.0 Å². The molecule has 3 aromatic carbocycles. The van der Waals surface area contributed by atoms with Crippen LogP contribution in [0.4, 0.5) is 18.9 Å². The molecular weight excluding hydrogens is 965 g/mol. The number of ether oxygens (including phenoxy) is 1. The number of halogens is 4. The van der Waals surface area contributed by atoms with Gasteiger partial charge in [0.05, 0.1) is 28.7 Å². The fourth-order valence-corrected chi connectivity index (χ4v) is 16.0. The van der Waals surface area contributed by atoms with Crippen LogP contribution in [0.2, 0.25) is 5.02 Å². The Morgan fingerprint density at radius 1 is 1.00 bits per heavy atom. The number of hydrogen-bond donors (Lipinski definition) is 4. The molecule has 388 valence electrons. The highest BCUT2D eigenvalue weighted by molar-refractivity contribution is 7.88. The molecule has 15 heteroatoms. The van der Waals surface area contributed by atoms with Gasteiger partial charge in [-0.05, 0) is 177 Å². The highest BCUT2D eigenvalue weighted by Gasteiger charge is 2.66. The van der Waals surface area contributed by atoms with Gasteiger partial charge in [0.1, 0.15) is 11.5 Å². The summed E-state index contributed by atoms with van der Waals surface area (Å²) in [4.78, 5) is 13.6. The molecule has 3 aromatic rings. The summed E-state index contributed by atoms with van der Waals surface area (Å²) in [7, 11) is -5.97. The number of rotatable bonds is 12. The number of amides is 1. The first-order chi connectivity index (χ1) is 34.0. The number of hydrogen-bond acceptors (Lipinski definition) is 8. The van der Waals surface area contributed by atoms with Crippen LogP contribution in [0.15, 0.2) is 77.6 Å². The smallest absolute Gasteiger partial charge is 0.456 e. The van der Waals surface area contributed by atoms with Crippen molar-refractivity contribution >= 4 is 55.9 Å². The van der Waals surface area contributed by atoms with Crippen molar-refractivity contribution in [3.8, 4) is 11.5 Å². The Bertz CT molecular complexity index is 2910. The van der Waals surface area contributed by atoms with Crippen molar-refractivity contribution in [2.24, 2.45) is 46.3 Å². The van der Waals surface area contributed by atoms with Gasteiger partial charge >= 0.3 is 15.6 Å². The SMILES string of the molecule is C[C@H](CCC(=O)NCCC[N+]1=C(/C=C/C2=C3Oc4cc(OS(=O)(=O)C(F)(F)F)c(Cl)cc4C=C3CCC2)C(C)(C)c2c1ccc1ccccc21)[C@H]1CC[C@H]2[C@@H]3[C@H](O)C[C@@H]4C[C@H](O)CC[C@]4(C)[C@H]3C[C@H](O)[C@]12C. The summed E-state index contributed by atoms with van der Waals surface area (Å²) in [6.45, 7) is 12.4. The number of aliphatic hydroxyl groups excluding tert-OH is 3. The maximum absolute atomic E-state index is 13.6. The summed E-state index contributed by atoms with van der Waals surface area (Å²) in [6.07, 6.45) is 14.7. The molecule has 4 fully saturated rings. The second kappa shape index (κ2) is 18.9. The van der Waals surface area contributed by atoms with Gasteiger partial charge < -0.3 is 29.6 Å². The minimum atomic E-state index is -5.97. The second-order valence-electron chi connectivity index (χ2n) is 23.2. The van der Waals surface area contributed by atoms with Crippen molar-refractivity contribution in [2.75, 3.05) is 13.1 Å². The van der Waals surface area contributed by atoms with Crippen molar-refractivity contribution in [1.82, 2.24) is 5.32 Å². The van der Waals surface area contributed by atoms with Crippen molar-refractivity contribution in [3.05, 3.63) is 93.7 Å². The minimum Gasteiger partial charge on any atom is -0.456 e. The molecule has 5 aliphatic carbocycles. The third-order valence-corrected chi connectivity index (χ3v) is 20.3. The predicted molar refractivity (Wildman–Crippen MR) is 272 cm³/mol. The first kappa shape index (κ1) is 51.3. The first-order valence-corrected chi connectivity index (χ1v) is 27.9. The normalized spacial score (nSPS) is 32.2. The van der Waals surface area contributed by atoms with Crippen LogP contribution in [-0.2, 0) is 20.3 Å². The molecular formula is C57H69ClF3N2O8S+. The summed E-state index contributed by atoms with van der Waals surface area (Å²) in [5.74, 6) is 1.38. The number of nitrogens with one attached hydrogen (secondary N) is 1. The molecule has 72 heavy (non-hydrogen) atoms. The molecule has 11 atom stereocenters. The molecule has 0 radical (unpaired) electrons. The zero-order valence-corrected chi connectivity index (χ0v) is 43.5. The van der Waals surface area contributed by atoms with Crippen LogP contribution >= 0.6 is 11.6 Å². The van der Waals surface area contributed by atoms with Crippen LogP contribution in [0.5, 0.6) is 11.5 Å². The lowest BCUT2D eigenvalue weighted by Gasteiger charge is -2.63. The van der Waals surface area contributed by atoms with E-state index >= 15 is 0 Å². The van der Waals surface area contributed by atoms with Gasteiger partial charge in [0.15, 0.2) is 18.0 Å². The number of benzene rings is 3. The van der Waals surface area contributed by atoms with E-state index in [1.54, 1.807) is 0 Å². The van der Waals surface area contributed by atoms with Crippen LogP contribution in [0.1, 0.15) is 129 Å². The fraction of sp³-hybridized carbons (Fsp3) is 0.579. The number of carbonyl (C=O) groups excluding carboxylic acids is 1. The van der Waals surface area contributed by atoms with E-state index in [0.29, 0.717) is 56.5 Å². The Kier molecular flexibility index (Phi) is 13.4. The molecule has 10 rings (SSSR count). The van der Waals surface area contributed by atoms with Gasteiger partial charge in [-0.25, -0.2) is 0 Å². The average Bonchev–Trinajstić information content (AvgIpc) is 3.79. The third-order valence-electron chi connectivity index (χ3n) is 19.0. The number of allylic oxidation sites excluding steroid dienone is 4. The molecule has 7 aliphatic rings. The lowest BCUT2D eigenvalue weighted by atomic mass is 9.43. The van der Waals surface area contributed by atoms with E-state index in [9.17, 15) is 41.7 Å². The number of carbonyl (C=O) groups is 1. The minimum absolute atomic E-state index is 0.00998. The highest BCUT2D eigenvalue weighted by Crippen LogP contribution is 2.68. The van der Waals surface area contributed by atoms with E-state index in [0.717, 1.165) is 90.8 Å². The number of nitrogens with zero attached hydrogens (tertiary/aromatic N) is 1. The maximum atomic E-state index is 13.6. The van der Waals surface area contributed by atoms with Crippen LogP contribution in [-0.4, -0.2) is 76.8 Å². The van der Waals surface area contributed by atoms with E-state index in [1.807, 2.05) is 24.3 Å². The van der Waals surface area contributed by atoms with Gasteiger partial charge in [0.25, 0.3) is 0 Å². The van der Waals surface area contributed by atoms with Crippen LogP contribution in [0.3, 0.4) is 0 Å². The molecule has 0 spiro atoms. The summed E-state index contributed by atoms with van der Waals surface area (Å²) >= 11 is 6.22. The molecule has 2 heterocycles. The molecule has 4 N–H and O–H groups in total. The molecule has 10 nitrogen and oxygen atoms in total. The fourth-order valence-electron chi connectivity index (χ4n) is 15.3. The Labute approximate surface area is 426 Å². The molecule has 0 unspecified atom stereocenters. The molecule has 0 aromatic heterocycles. The van der Waals surface area contributed by atoms with Crippen LogP contribution < -0.4 is 14.2 Å². The van der Waals surface area contributed by atoms with Crippen molar-refractivity contribution in [1.29, 1.82) is 0 Å². The number of aliphatic hydroxyl groups is 3. The van der Waals surface area contributed by atoms with E-state index in [2.05, 4.69) is 79.0 Å². The van der Waals surface area contributed by atoms with Gasteiger partial charge in [-0.1, -0.05) is 56.6 Å². The predicted octanol–water partition coefficient (Wildman–Crippen LogP) is 11.5. The molecule has 0 saturated heterocycles. The lowest BCUT2D eigenvalue weighted by molar-refractivity contribution is -0.437. The van der Waals surface area contributed by atoms with E-state index in [1.165, 1.54) is 11.6 Å². The van der Waals surface area contributed by atoms with Gasteiger partial charge in [-0.2, -0.15) is 26.2 Å². The van der Waals surface area contributed by atoms with Crippen molar-refractivity contribution in [3.63, 3.8) is 0 Å². The molecule has 1 amide bonds. The standard InChI is InChI=1S/C57H68ClF3N2O8S/c1-32(40-17-18-41-51-42(30-49(66)56(40,41)5)55(4)23-22-38(64)28-37(55)29-45(51)65)14-21-50(67)62-24-9-25-63-44-19-15-33-10-6-7-13-39(33)52(44)54(2,3)48(63)20-16-34-11-8-12-35-26-36-27-43(58)47(31-46(36)70-53(34)35)71-72(68,69)57(59,60)61/h6-7,10,13,15-16,19-20,26-27,31-32,37-38,40-42,45,49,51,64-66H,8-9,11-12,14,17-18,21-25,28-30H2,1-5H3/p+1/b20-16+/t32-,37+,38-,40-,41+,42+,45-,49+,51+,55+,56-/m1/s1. The molecule has 4 saturated carbocycles. The number of fused-ring (bicyclic) bond motifs is 10. The maximum Gasteiger partial charge on any atom is 0.534 e. The second-order valence-corrected chi connectivity index (χ2v) is 25.1. The molecule has 2 aliphatic heterocycles. The Morgan fingerprint density at radius 3 is 2.56 bits per heavy atom. The van der Waals surface area contributed by atoms with E-state index in [4.69, 9.17) is 16.3 Å². The van der Waals surface area contributed by atoms with Crippen molar-refractivity contribution in [2.45, 2.75) is 147 Å². The van der Waals surface area contributed by atoms with Gasteiger partial charge in [0, 0.05) is 48.7 Å². The zero-order valence-electron chi connectivity index (χ0n) is 41.9. The Morgan fingerprint density at radius 2 is 1.78 bits per heavy atom. The Balaban J connectivity index is 0.827. The lowest BCUT2D eigenvalue weighted by Crippen LogP contribution is -2.62. The van der Waals surface area contributed by atoms with Gasteiger partial charge in [-0.15, -0.1) is 0 Å². The topological polar surface area (TPSA) is 145 Å². The van der Waals surface area contributed by atoms with Gasteiger partial charge in [0.2, 0.25) is 11.6 Å². The van der Waals surface area contributed by atoms with Crippen LogP contribution in [0, 0.1) is 46.3 Å². The largest absolute Gasteiger partial charge is 0.534 e. The summed E-state index contributed by atoms with van der Waals surface area (Å²) in [5, 5.41) is 39.5. The Hall–Kier alpha value is -4.21.